The highest BCUT2D eigenvalue weighted by Crippen LogP contribution is 2.43. The first kappa shape index (κ1) is 18.0. The topological polar surface area (TPSA) is 114 Å². The number of carbonyl (C=O) groups is 1. The van der Waals surface area contributed by atoms with Crippen molar-refractivity contribution in [2.24, 2.45) is 10.7 Å². The number of methoxy groups -OCH3 is 1. The van der Waals surface area contributed by atoms with Crippen molar-refractivity contribution in [2.75, 3.05) is 14.2 Å². The third-order valence-corrected chi connectivity index (χ3v) is 3.68. The standard InChI is InChI=1S/C16H14ClN5O3/c1-19-9-4-5-10(23)12(14(24)22-16(18)20-2)11(9)8-6-7-21-15(25-3)13(8)17/h4-7,23H,2-3H3,(H3,18,20,22,24). The molecule has 4 N–H and O–H groups in total. The fourth-order valence-electron chi connectivity index (χ4n) is 2.17. The van der Waals surface area contributed by atoms with Gasteiger partial charge in [0.15, 0.2) is 11.6 Å². The quantitative estimate of drug-likeness (QED) is 0.442. The van der Waals surface area contributed by atoms with Gasteiger partial charge in [0.1, 0.15) is 10.8 Å². The number of nitrogens with one attached hydrogen (secondary N) is 1. The van der Waals surface area contributed by atoms with Gasteiger partial charge in [-0.15, -0.1) is 0 Å². The number of rotatable bonds is 3. The minimum Gasteiger partial charge on any atom is -0.507 e. The van der Waals surface area contributed by atoms with Gasteiger partial charge in [0, 0.05) is 18.8 Å². The van der Waals surface area contributed by atoms with Gasteiger partial charge in [-0.2, -0.15) is 0 Å². The summed E-state index contributed by atoms with van der Waals surface area (Å²) in [6, 6.07) is 4.15. The van der Waals surface area contributed by atoms with Crippen LogP contribution in [-0.4, -0.2) is 36.1 Å². The Bertz CT molecular complexity index is 905. The number of hydrogen-bond donors (Lipinski definition) is 3. The zero-order valence-corrected chi connectivity index (χ0v) is 14.1. The Kier molecular flexibility index (Phi) is 5.41. The molecule has 8 nitrogen and oxygen atoms in total. The lowest BCUT2D eigenvalue weighted by atomic mass is 9.96. The van der Waals surface area contributed by atoms with Crippen LogP contribution in [0.5, 0.6) is 11.6 Å². The average Bonchev–Trinajstić information content (AvgIpc) is 2.61. The lowest BCUT2D eigenvalue weighted by molar-refractivity contribution is 0.0974. The van der Waals surface area contributed by atoms with Gasteiger partial charge < -0.3 is 15.6 Å². The number of phenolic OH excluding ortho intramolecular Hbond substituents is 1. The van der Waals surface area contributed by atoms with E-state index < -0.39 is 5.91 Å². The van der Waals surface area contributed by atoms with E-state index in [9.17, 15) is 9.90 Å². The highest BCUT2D eigenvalue weighted by Gasteiger charge is 2.24. The van der Waals surface area contributed by atoms with Gasteiger partial charge in [0.25, 0.3) is 5.91 Å². The van der Waals surface area contributed by atoms with Crippen LogP contribution in [0.25, 0.3) is 16.0 Å². The van der Waals surface area contributed by atoms with Gasteiger partial charge in [0.2, 0.25) is 5.88 Å². The third-order valence-electron chi connectivity index (χ3n) is 3.31. The maximum absolute atomic E-state index is 12.5. The number of carbonyl (C=O) groups excluding carboxylic acids is 1. The summed E-state index contributed by atoms with van der Waals surface area (Å²) in [5.41, 5.74) is 5.93. The number of guanidine groups is 1. The average molecular weight is 360 g/mol. The van der Waals surface area contributed by atoms with Crippen molar-refractivity contribution in [3.05, 3.63) is 46.4 Å². The first-order valence-electron chi connectivity index (χ1n) is 6.90. The Hall–Kier alpha value is -3.31. The monoisotopic (exact) mass is 359 g/mol. The van der Waals surface area contributed by atoms with E-state index in [1.54, 1.807) is 0 Å². The minimum absolute atomic E-state index is 0.103. The number of benzene rings is 1. The second-order valence-corrected chi connectivity index (χ2v) is 5.09. The van der Waals surface area contributed by atoms with Crippen LogP contribution in [-0.2, 0) is 0 Å². The predicted molar refractivity (Wildman–Crippen MR) is 94.2 cm³/mol. The molecule has 1 aromatic heterocycles. The first-order valence-corrected chi connectivity index (χ1v) is 7.28. The molecule has 9 heteroatoms. The third kappa shape index (κ3) is 3.46. The van der Waals surface area contributed by atoms with E-state index in [0.29, 0.717) is 5.56 Å². The number of amides is 1. The summed E-state index contributed by atoms with van der Waals surface area (Å²) in [6.45, 7) is 7.36. The highest BCUT2D eigenvalue weighted by atomic mass is 35.5. The highest BCUT2D eigenvalue weighted by molar-refractivity contribution is 6.35. The molecule has 2 aromatic rings. The molecule has 0 radical (unpaired) electrons. The summed E-state index contributed by atoms with van der Waals surface area (Å²) in [5, 5.41) is 12.6. The molecular weight excluding hydrogens is 346 g/mol. The van der Waals surface area contributed by atoms with Crippen molar-refractivity contribution < 1.29 is 14.6 Å². The lowest BCUT2D eigenvalue weighted by Crippen LogP contribution is -2.36. The minimum atomic E-state index is -0.729. The number of halogens is 1. The molecule has 1 amide bonds. The van der Waals surface area contributed by atoms with Crippen LogP contribution in [0.1, 0.15) is 10.4 Å². The van der Waals surface area contributed by atoms with Gasteiger partial charge in [-0.3, -0.25) is 15.1 Å². The van der Waals surface area contributed by atoms with Crippen molar-refractivity contribution in [1.82, 2.24) is 10.3 Å². The van der Waals surface area contributed by atoms with Crippen molar-refractivity contribution in [1.29, 1.82) is 0 Å². The number of aromatic hydroxyl groups is 1. The molecule has 0 unspecified atom stereocenters. The summed E-state index contributed by atoms with van der Waals surface area (Å²) >= 11 is 6.28. The SMILES string of the molecule is [C-]#[N+]c1ccc(O)c(C(=O)NC(N)=NC)c1-c1ccnc(OC)c1Cl. The number of aromatic nitrogens is 1. The number of nitrogens with zero attached hydrogens (tertiary/aromatic N) is 3. The summed E-state index contributed by atoms with van der Waals surface area (Å²) in [4.78, 5) is 23.5. The zero-order chi connectivity index (χ0) is 18.6. The van der Waals surface area contributed by atoms with E-state index in [4.69, 9.17) is 28.6 Å². The normalized spacial score (nSPS) is 10.9. The van der Waals surface area contributed by atoms with Gasteiger partial charge in [-0.05, 0) is 17.7 Å². The smallest absolute Gasteiger partial charge is 0.261 e. The molecule has 0 spiro atoms. The Morgan fingerprint density at radius 1 is 1.48 bits per heavy atom. The van der Waals surface area contributed by atoms with Crippen LogP contribution in [0.3, 0.4) is 0 Å². The molecule has 0 saturated heterocycles. The number of aliphatic imine (C=N–C) groups is 1. The first-order chi connectivity index (χ1) is 11.9. The summed E-state index contributed by atoms with van der Waals surface area (Å²) in [7, 11) is 2.79. The Morgan fingerprint density at radius 3 is 2.80 bits per heavy atom. The number of ether oxygens (including phenoxy) is 1. The molecule has 0 aliphatic rings. The number of hydrogen-bond acceptors (Lipinski definition) is 5. The van der Waals surface area contributed by atoms with Gasteiger partial charge in [0.05, 0.1) is 19.2 Å². The van der Waals surface area contributed by atoms with Crippen LogP contribution < -0.4 is 15.8 Å². The van der Waals surface area contributed by atoms with E-state index in [1.807, 2.05) is 0 Å². The molecule has 0 fully saturated rings. The fourth-order valence-corrected chi connectivity index (χ4v) is 2.45. The number of pyridine rings is 1. The van der Waals surface area contributed by atoms with Gasteiger partial charge in [-0.25, -0.2) is 9.83 Å². The van der Waals surface area contributed by atoms with Crippen molar-refractivity contribution >= 4 is 29.2 Å². The second-order valence-electron chi connectivity index (χ2n) is 4.71. The van der Waals surface area contributed by atoms with Crippen LogP contribution in [0, 0.1) is 6.57 Å². The van der Waals surface area contributed by atoms with E-state index in [1.165, 1.54) is 38.6 Å². The maximum atomic E-state index is 12.5. The molecule has 0 aliphatic carbocycles. The Labute approximate surface area is 148 Å². The largest absolute Gasteiger partial charge is 0.507 e. The summed E-state index contributed by atoms with van der Waals surface area (Å²) in [5.74, 6) is -1.08. The van der Waals surface area contributed by atoms with Crippen LogP contribution >= 0.6 is 11.6 Å². The number of nitrogens with two attached hydrogens (primary N) is 1. The van der Waals surface area contributed by atoms with E-state index in [2.05, 4.69) is 20.1 Å². The molecule has 25 heavy (non-hydrogen) atoms. The van der Waals surface area contributed by atoms with Gasteiger partial charge >= 0.3 is 0 Å². The summed E-state index contributed by atoms with van der Waals surface area (Å²) in [6.07, 6.45) is 1.42. The van der Waals surface area contributed by atoms with Crippen molar-refractivity contribution in [3.8, 4) is 22.8 Å². The molecular formula is C16H14ClN5O3. The maximum Gasteiger partial charge on any atom is 0.261 e. The van der Waals surface area contributed by atoms with Crippen LogP contribution in [0.4, 0.5) is 5.69 Å². The van der Waals surface area contributed by atoms with Crippen LogP contribution in [0.15, 0.2) is 29.4 Å². The number of phenols is 1. The molecule has 1 aromatic carbocycles. The molecule has 0 atom stereocenters. The van der Waals surface area contributed by atoms with Crippen LogP contribution in [0.2, 0.25) is 5.02 Å². The zero-order valence-electron chi connectivity index (χ0n) is 13.4. The molecule has 0 saturated carbocycles. The van der Waals surface area contributed by atoms with Crippen molar-refractivity contribution in [3.63, 3.8) is 0 Å². The molecule has 1 heterocycles. The molecule has 0 bridgehead atoms. The van der Waals surface area contributed by atoms with E-state index in [0.717, 1.165) is 0 Å². The molecule has 2 rings (SSSR count). The van der Waals surface area contributed by atoms with E-state index in [-0.39, 0.29) is 39.4 Å². The predicted octanol–water partition coefficient (Wildman–Crippen LogP) is 2.34. The Balaban J connectivity index is 2.79. The molecule has 128 valence electrons. The summed E-state index contributed by atoms with van der Waals surface area (Å²) < 4.78 is 5.07. The Morgan fingerprint density at radius 2 is 2.20 bits per heavy atom. The van der Waals surface area contributed by atoms with E-state index >= 15 is 0 Å². The fraction of sp³-hybridized carbons (Fsp3) is 0.125. The van der Waals surface area contributed by atoms with Crippen molar-refractivity contribution in [2.45, 2.75) is 0 Å². The molecule has 0 aliphatic heterocycles. The lowest BCUT2D eigenvalue weighted by Gasteiger charge is -2.15. The van der Waals surface area contributed by atoms with Gasteiger partial charge in [-0.1, -0.05) is 17.7 Å². The second kappa shape index (κ2) is 7.51.